The average molecular weight is 460 g/mol. The molecule has 3 aromatic carbocycles. The molecule has 174 valence electrons. The number of benzene rings is 3. The summed E-state index contributed by atoms with van der Waals surface area (Å²) in [5.74, 6) is 1.90. The molecule has 7 heteroatoms. The smallest absolute Gasteiger partial charge is 0.337 e. The Kier molecular flexibility index (Phi) is 6.54. The van der Waals surface area contributed by atoms with Gasteiger partial charge in [-0.05, 0) is 61.0 Å². The highest BCUT2D eigenvalue weighted by Gasteiger charge is 2.30. The van der Waals surface area contributed by atoms with Crippen molar-refractivity contribution in [2.24, 2.45) is 0 Å². The minimum Gasteiger partial charge on any atom is -0.497 e. The fourth-order valence-electron chi connectivity index (χ4n) is 3.63. The molecule has 1 heterocycles. The first-order valence-corrected chi connectivity index (χ1v) is 10.5. The van der Waals surface area contributed by atoms with Gasteiger partial charge < -0.3 is 23.7 Å². The van der Waals surface area contributed by atoms with Gasteiger partial charge in [-0.1, -0.05) is 12.1 Å². The van der Waals surface area contributed by atoms with E-state index in [1.54, 1.807) is 74.9 Å². The van der Waals surface area contributed by atoms with E-state index in [0.29, 0.717) is 46.3 Å². The molecule has 0 saturated heterocycles. The number of hydrogen-bond donors (Lipinski definition) is 0. The molecule has 0 spiro atoms. The molecule has 0 unspecified atom stereocenters. The van der Waals surface area contributed by atoms with Gasteiger partial charge in [0.15, 0.2) is 5.76 Å². The number of allylic oxidation sites excluding steroid dienone is 1. The van der Waals surface area contributed by atoms with Gasteiger partial charge in [0.1, 0.15) is 29.6 Å². The number of Topliss-reactive ketones (excluding diaryl/α,β-unsaturated/α-hetero) is 1. The van der Waals surface area contributed by atoms with E-state index in [2.05, 4.69) is 0 Å². The molecule has 0 amide bonds. The third-order valence-electron chi connectivity index (χ3n) is 5.53. The Morgan fingerprint density at radius 1 is 0.941 bits per heavy atom. The highest BCUT2D eigenvalue weighted by molar-refractivity contribution is 6.15. The van der Waals surface area contributed by atoms with Crippen LogP contribution in [0.1, 0.15) is 37.4 Å². The Hall–Kier alpha value is -4.26. The average Bonchev–Trinajstić information content (AvgIpc) is 3.19. The molecule has 0 saturated carbocycles. The van der Waals surface area contributed by atoms with Crippen molar-refractivity contribution in [2.45, 2.75) is 13.5 Å². The molecular formula is C27H24O7. The molecule has 0 N–H and O–H groups in total. The van der Waals surface area contributed by atoms with Crippen molar-refractivity contribution in [3.63, 3.8) is 0 Å². The van der Waals surface area contributed by atoms with Gasteiger partial charge >= 0.3 is 5.97 Å². The van der Waals surface area contributed by atoms with Crippen LogP contribution >= 0.6 is 0 Å². The van der Waals surface area contributed by atoms with Crippen LogP contribution < -0.4 is 18.9 Å². The van der Waals surface area contributed by atoms with Crippen molar-refractivity contribution in [2.75, 3.05) is 21.3 Å². The van der Waals surface area contributed by atoms with Crippen LogP contribution in [0.15, 0.2) is 60.4 Å². The quantitative estimate of drug-likeness (QED) is 0.363. The van der Waals surface area contributed by atoms with E-state index in [-0.39, 0.29) is 17.5 Å². The lowest BCUT2D eigenvalue weighted by atomic mass is 10.1. The summed E-state index contributed by atoms with van der Waals surface area (Å²) in [6, 6.07) is 15.8. The first-order chi connectivity index (χ1) is 16.4. The van der Waals surface area contributed by atoms with E-state index < -0.39 is 0 Å². The van der Waals surface area contributed by atoms with Crippen LogP contribution in [-0.4, -0.2) is 33.1 Å². The lowest BCUT2D eigenvalue weighted by Crippen LogP contribution is -2.02. The SMILES string of the molecule is COC(=O)c1ccc(COc2ccc3c(c2C)O/C(=C\c2cc(OC)ccc2OC)C3=O)cc1. The maximum absolute atomic E-state index is 13.0. The molecule has 0 aliphatic carbocycles. The van der Waals surface area contributed by atoms with Gasteiger partial charge in [-0.15, -0.1) is 0 Å². The number of rotatable bonds is 7. The van der Waals surface area contributed by atoms with Crippen molar-refractivity contribution >= 4 is 17.8 Å². The van der Waals surface area contributed by atoms with Crippen LogP contribution in [0.5, 0.6) is 23.0 Å². The number of hydrogen-bond acceptors (Lipinski definition) is 7. The zero-order chi connectivity index (χ0) is 24.2. The normalized spacial score (nSPS) is 13.3. The van der Waals surface area contributed by atoms with Crippen LogP contribution in [0.25, 0.3) is 6.08 Å². The maximum atomic E-state index is 13.0. The second-order valence-electron chi connectivity index (χ2n) is 7.59. The van der Waals surface area contributed by atoms with Crippen molar-refractivity contribution in [3.8, 4) is 23.0 Å². The van der Waals surface area contributed by atoms with Crippen LogP contribution in [0, 0.1) is 6.92 Å². The van der Waals surface area contributed by atoms with E-state index in [1.165, 1.54) is 7.11 Å². The molecule has 0 fully saturated rings. The number of carbonyl (C=O) groups is 2. The van der Waals surface area contributed by atoms with Crippen LogP contribution in [0.4, 0.5) is 0 Å². The number of methoxy groups -OCH3 is 3. The Balaban J connectivity index is 1.54. The summed E-state index contributed by atoms with van der Waals surface area (Å²) in [6.45, 7) is 2.13. The molecular weight excluding hydrogens is 436 g/mol. The van der Waals surface area contributed by atoms with Crippen molar-refractivity contribution < 1.29 is 33.3 Å². The Bertz CT molecular complexity index is 1270. The predicted octanol–water partition coefficient (Wildman–Crippen LogP) is 4.99. The maximum Gasteiger partial charge on any atom is 0.337 e. The number of esters is 1. The predicted molar refractivity (Wildman–Crippen MR) is 126 cm³/mol. The molecule has 4 rings (SSSR count). The second kappa shape index (κ2) is 9.70. The van der Waals surface area contributed by atoms with Gasteiger partial charge in [0.25, 0.3) is 0 Å². The Labute approximate surface area is 197 Å². The standard InChI is InChI=1S/C27H24O7/c1-16-22(33-15-17-5-7-18(8-6-17)27(29)32-4)12-10-21-25(28)24(34-26(16)21)14-19-13-20(30-2)9-11-23(19)31-3/h5-14H,15H2,1-4H3/b24-14-. The molecule has 1 aliphatic rings. The van der Waals surface area contributed by atoms with Crippen LogP contribution in [0.2, 0.25) is 0 Å². The first kappa shape index (κ1) is 22.9. The van der Waals surface area contributed by atoms with Gasteiger partial charge in [0, 0.05) is 11.1 Å². The third-order valence-corrected chi connectivity index (χ3v) is 5.53. The van der Waals surface area contributed by atoms with E-state index in [9.17, 15) is 9.59 Å². The lowest BCUT2D eigenvalue weighted by molar-refractivity contribution is 0.0600. The first-order valence-electron chi connectivity index (χ1n) is 10.5. The highest BCUT2D eigenvalue weighted by atomic mass is 16.5. The molecule has 0 radical (unpaired) electrons. The van der Waals surface area contributed by atoms with Gasteiger partial charge in [-0.2, -0.15) is 0 Å². The fourth-order valence-corrected chi connectivity index (χ4v) is 3.63. The summed E-state index contributed by atoms with van der Waals surface area (Å²) in [6.07, 6.45) is 1.65. The monoisotopic (exact) mass is 460 g/mol. The number of ketones is 1. The zero-order valence-corrected chi connectivity index (χ0v) is 19.3. The van der Waals surface area contributed by atoms with E-state index in [1.807, 2.05) is 6.92 Å². The largest absolute Gasteiger partial charge is 0.497 e. The van der Waals surface area contributed by atoms with Gasteiger partial charge in [-0.25, -0.2) is 4.79 Å². The Morgan fingerprint density at radius 3 is 2.35 bits per heavy atom. The van der Waals surface area contributed by atoms with Gasteiger partial charge in [-0.3, -0.25) is 4.79 Å². The molecule has 7 nitrogen and oxygen atoms in total. The summed E-state index contributed by atoms with van der Waals surface area (Å²) >= 11 is 0. The van der Waals surface area contributed by atoms with Crippen molar-refractivity contribution in [1.29, 1.82) is 0 Å². The topological polar surface area (TPSA) is 80.3 Å². The summed E-state index contributed by atoms with van der Waals surface area (Å²) < 4.78 is 27.3. The van der Waals surface area contributed by atoms with Crippen molar-refractivity contribution in [1.82, 2.24) is 0 Å². The summed E-state index contributed by atoms with van der Waals surface area (Å²) in [5, 5.41) is 0. The van der Waals surface area contributed by atoms with E-state index >= 15 is 0 Å². The molecule has 34 heavy (non-hydrogen) atoms. The molecule has 3 aromatic rings. The summed E-state index contributed by atoms with van der Waals surface area (Å²) in [7, 11) is 4.48. The zero-order valence-electron chi connectivity index (χ0n) is 19.3. The van der Waals surface area contributed by atoms with E-state index in [4.69, 9.17) is 23.7 Å². The molecule has 0 aromatic heterocycles. The van der Waals surface area contributed by atoms with Gasteiger partial charge in [0.05, 0.1) is 32.5 Å². The molecule has 1 aliphatic heterocycles. The summed E-state index contributed by atoms with van der Waals surface area (Å²) in [4.78, 5) is 24.5. The minimum atomic E-state index is -0.390. The minimum absolute atomic E-state index is 0.195. The summed E-state index contributed by atoms with van der Waals surface area (Å²) in [5.41, 5.74) is 3.22. The Morgan fingerprint density at radius 2 is 1.68 bits per heavy atom. The van der Waals surface area contributed by atoms with Crippen LogP contribution in [-0.2, 0) is 11.3 Å². The van der Waals surface area contributed by atoms with Crippen molar-refractivity contribution in [3.05, 3.63) is 88.2 Å². The second-order valence-corrected chi connectivity index (χ2v) is 7.59. The number of ether oxygens (including phenoxy) is 5. The molecule has 0 bridgehead atoms. The van der Waals surface area contributed by atoms with E-state index in [0.717, 1.165) is 11.1 Å². The molecule has 0 atom stereocenters. The fraction of sp³-hybridized carbons (Fsp3) is 0.185. The number of carbonyl (C=O) groups excluding carboxylic acids is 2. The number of fused-ring (bicyclic) bond motifs is 1. The van der Waals surface area contributed by atoms with Gasteiger partial charge in [0.2, 0.25) is 5.78 Å². The third kappa shape index (κ3) is 4.45. The highest BCUT2D eigenvalue weighted by Crippen LogP contribution is 2.40. The lowest BCUT2D eigenvalue weighted by Gasteiger charge is -2.12. The van der Waals surface area contributed by atoms with Crippen LogP contribution in [0.3, 0.4) is 0 Å².